The number of piperidine rings is 1. The van der Waals surface area contributed by atoms with Gasteiger partial charge in [-0.3, -0.25) is 9.78 Å². The minimum absolute atomic E-state index is 0.0529. The lowest BCUT2D eigenvalue weighted by Gasteiger charge is -2.43. The summed E-state index contributed by atoms with van der Waals surface area (Å²) in [6, 6.07) is 11.0. The first kappa shape index (κ1) is 19.6. The molecule has 9 heteroatoms. The predicted octanol–water partition coefficient (Wildman–Crippen LogP) is 2.60. The maximum atomic E-state index is 13.9. The summed E-state index contributed by atoms with van der Waals surface area (Å²) in [7, 11) is 0. The number of likely N-dealkylation sites (tertiary alicyclic amines) is 1. The van der Waals surface area contributed by atoms with E-state index >= 15 is 0 Å². The van der Waals surface area contributed by atoms with Crippen LogP contribution < -0.4 is 4.74 Å². The molecule has 4 heterocycles. The number of benzene rings is 1. The Bertz CT molecular complexity index is 1080. The number of para-hydroxylation sites is 1. The van der Waals surface area contributed by atoms with Crippen LogP contribution in [0.5, 0.6) is 5.75 Å². The van der Waals surface area contributed by atoms with Crippen molar-refractivity contribution in [1.82, 2.24) is 24.9 Å². The van der Waals surface area contributed by atoms with Crippen molar-refractivity contribution in [1.29, 1.82) is 0 Å². The lowest BCUT2D eigenvalue weighted by molar-refractivity contribution is -0.120. The van der Waals surface area contributed by atoms with Crippen LogP contribution in [0.3, 0.4) is 0 Å². The molecular formula is C22H22FN5O3. The molecule has 1 amide bonds. The Kier molecular flexibility index (Phi) is 5.11. The van der Waals surface area contributed by atoms with Crippen molar-refractivity contribution in [2.24, 2.45) is 0 Å². The van der Waals surface area contributed by atoms with E-state index in [-0.39, 0.29) is 11.5 Å². The molecule has 5 rings (SSSR count). The predicted molar refractivity (Wildman–Crippen MR) is 108 cm³/mol. The molecule has 160 valence electrons. The summed E-state index contributed by atoms with van der Waals surface area (Å²) in [5, 5.41) is 8.58. The van der Waals surface area contributed by atoms with Crippen LogP contribution >= 0.6 is 0 Å². The Labute approximate surface area is 178 Å². The fraction of sp³-hybridized carbons (Fsp3) is 0.364. The quantitative estimate of drug-likeness (QED) is 0.642. The fourth-order valence-corrected chi connectivity index (χ4v) is 4.11. The lowest BCUT2D eigenvalue weighted by Crippen LogP contribution is -2.52. The van der Waals surface area contributed by atoms with Crippen molar-refractivity contribution in [3.05, 3.63) is 71.6 Å². The van der Waals surface area contributed by atoms with Gasteiger partial charge in [-0.05, 0) is 31.0 Å². The third-order valence-electron chi connectivity index (χ3n) is 5.95. The molecule has 0 atom stereocenters. The van der Waals surface area contributed by atoms with Crippen LogP contribution in [-0.2, 0) is 24.5 Å². The van der Waals surface area contributed by atoms with Gasteiger partial charge >= 0.3 is 0 Å². The van der Waals surface area contributed by atoms with E-state index in [0.717, 1.165) is 23.3 Å². The number of hydrogen-bond donors (Lipinski definition) is 0. The van der Waals surface area contributed by atoms with Crippen molar-refractivity contribution < 1.29 is 18.7 Å². The number of carbonyl (C=O) groups is 1. The summed E-state index contributed by atoms with van der Waals surface area (Å²) in [6.07, 6.45) is 3.80. The average Bonchev–Trinajstić information content (AvgIpc) is 3.20. The molecule has 31 heavy (non-hydrogen) atoms. The van der Waals surface area contributed by atoms with E-state index in [1.807, 2.05) is 35.0 Å². The molecule has 0 radical (unpaired) electrons. The molecule has 2 aliphatic rings. The van der Waals surface area contributed by atoms with Crippen molar-refractivity contribution >= 4 is 5.91 Å². The number of carbonyl (C=O) groups excluding carboxylic acids is 1. The molecular weight excluding hydrogens is 401 g/mol. The SMILES string of the molecule is O=C(c1ccncc1F)N1CCC2(CC1)Cn1nnc(COc3ccccc3)c1CO2. The highest BCUT2D eigenvalue weighted by Gasteiger charge is 2.41. The largest absolute Gasteiger partial charge is 0.487 e. The van der Waals surface area contributed by atoms with Gasteiger partial charge in [-0.2, -0.15) is 0 Å². The maximum absolute atomic E-state index is 13.9. The van der Waals surface area contributed by atoms with Crippen molar-refractivity contribution in [3.63, 3.8) is 0 Å². The number of nitrogens with zero attached hydrogens (tertiary/aromatic N) is 5. The highest BCUT2D eigenvalue weighted by molar-refractivity contribution is 5.94. The Morgan fingerprint density at radius 3 is 2.77 bits per heavy atom. The van der Waals surface area contributed by atoms with Gasteiger partial charge in [-0.1, -0.05) is 23.4 Å². The van der Waals surface area contributed by atoms with Gasteiger partial charge in [0.25, 0.3) is 5.91 Å². The fourth-order valence-electron chi connectivity index (χ4n) is 4.11. The Balaban J connectivity index is 1.22. The normalized spacial score (nSPS) is 17.4. The highest BCUT2D eigenvalue weighted by Crippen LogP contribution is 2.34. The second kappa shape index (κ2) is 8.07. The first-order valence-corrected chi connectivity index (χ1v) is 10.3. The van der Waals surface area contributed by atoms with Crippen LogP contribution in [0.1, 0.15) is 34.6 Å². The number of aromatic nitrogens is 4. The zero-order valence-corrected chi connectivity index (χ0v) is 16.9. The molecule has 0 N–H and O–H groups in total. The van der Waals surface area contributed by atoms with Crippen LogP contribution in [0.2, 0.25) is 0 Å². The lowest BCUT2D eigenvalue weighted by atomic mass is 9.89. The van der Waals surface area contributed by atoms with E-state index in [1.54, 1.807) is 4.90 Å². The van der Waals surface area contributed by atoms with Gasteiger partial charge in [0.15, 0.2) is 5.82 Å². The molecule has 0 unspecified atom stereocenters. The van der Waals surface area contributed by atoms with E-state index in [9.17, 15) is 9.18 Å². The van der Waals surface area contributed by atoms with E-state index in [4.69, 9.17) is 9.47 Å². The number of ether oxygens (including phenoxy) is 2. The number of halogens is 1. The van der Waals surface area contributed by atoms with Crippen molar-refractivity contribution in [2.75, 3.05) is 13.1 Å². The van der Waals surface area contributed by atoms with Crippen molar-refractivity contribution in [3.8, 4) is 5.75 Å². The molecule has 2 aromatic heterocycles. The minimum atomic E-state index is -0.598. The molecule has 2 aliphatic heterocycles. The van der Waals surface area contributed by atoms with Crippen LogP contribution in [0.4, 0.5) is 4.39 Å². The van der Waals surface area contributed by atoms with Gasteiger partial charge in [-0.15, -0.1) is 5.10 Å². The second-order valence-corrected chi connectivity index (χ2v) is 7.86. The molecule has 1 fully saturated rings. The number of hydrogen-bond acceptors (Lipinski definition) is 6. The van der Waals surface area contributed by atoms with Gasteiger partial charge in [0, 0.05) is 19.3 Å². The number of pyridine rings is 1. The molecule has 3 aromatic rings. The summed E-state index contributed by atoms with van der Waals surface area (Å²) < 4.78 is 27.9. The van der Waals surface area contributed by atoms with Crippen molar-refractivity contribution in [2.45, 2.75) is 38.2 Å². The molecule has 1 spiro atoms. The molecule has 8 nitrogen and oxygen atoms in total. The van der Waals surface area contributed by atoms with Gasteiger partial charge in [0.2, 0.25) is 0 Å². The van der Waals surface area contributed by atoms with Gasteiger partial charge in [0.05, 0.1) is 36.2 Å². The summed E-state index contributed by atoms with van der Waals surface area (Å²) in [4.78, 5) is 18.0. The maximum Gasteiger partial charge on any atom is 0.256 e. The summed E-state index contributed by atoms with van der Waals surface area (Å²) >= 11 is 0. The van der Waals surface area contributed by atoms with Crippen LogP contribution in [0, 0.1) is 5.82 Å². The average molecular weight is 423 g/mol. The van der Waals surface area contributed by atoms with Gasteiger partial charge in [0.1, 0.15) is 18.1 Å². The third-order valence-corrected chi connectivity index (χ3v) is 5.95. The van der Waals surface area contributed by atoms with Crippen LogP contribution in [-0.4, -0.2) is 49.5 Å². The number of fused-ring (bicyclic) bond motifs is 1. The molecule has 0 saturated carbocycles. The summed E-state index contributed by atoms with van der Waals surface area (Å²) in [5.74, 6) is -0.133. The molecule has 1 saturated heterocycles. The van der Waals surface area contributed by atoms with E-state index in [0.29, 0.717) is 45.7 Å². The monoisotopic (exact) mass is 423 g/mol. The molecule has 0 bridgehead atoms. The zero-order valence-electron chi connectivity index (χ0n) is 16.9. The van der Waals surface area contributed by atoms with Gasteiger partial charge < -0.3 is 14.4 Å². The van der Waals surface area contributed by atoms with E-state index < -0.39 is 11.4 Å². The first-order valence-electron chi connectivity index (χ1n) is 10.3. The van der Waals surface area contributed by atoms with Crippen LogP contribution in [0.15, 0.2) is 48.8 Å². The van der Waals surface area contributed by atoms with Crippen LogP contribution in [0.25, 0.3) is 0 Å². The Morgan fingerprint density at radius 2 is 2.00 bits per heavy atom. The minimum Gasteiger partial charge on any atom is -0.487 e. The highest BCUT2D eigenvalue weighted by atomic mass is 19.1. The second-order valence-electron chi connectivity index (χ2n) is 7.86. The topological polar surface area (TPSA) is 82.4 Å². The smallest absolute Gasteiger partial charge is 0.256 e. The third kappa shape index (κ3) is 3.88. The summed E-state index contributed by atoms with van der Waals surface area (Å²) in [6.45, 7) is 2.29. The number of rotatable bonds is 4. The Morgan fingerprint density at radius 1 is 1.19 bits per heavy atom. The summed E-state index contributed by atoms with van der Waals surface area (Å²) in [5.41, 5.74) is 1.33. The molecule has 1 aromatic carbocycles. The van der Waals surface area contributed by atoms with E-state index in [2.05, 4.69) is 15.3 Å². The standard InChI is InChI=1S/C22H22FN5O3/c23-18-12-24-9-6-17(18)21(29)27-10-7-22(8-11-27)15-28-20(14-31-22)19(25-26-28)13-30-16-4-2-1-3-5-16/h1-6,9,12H,7-8,10-11,13-15H2. The Hall–Kier alpha value is -3.33. The van der Waals surface area contributed by atoms with E-state index in [1.165, 1.54) is 12.3 Å². The zero-order chi connectivity index (χ0) is 21.3. The molecule has 0 aliphatic carbocycles. The van der Waals surface area contributed by atoms with Gasteiger partial charge in [-0.25, -0.2) is 9.07 Å². The first-order chi connectivity index (χ1) is 15.1. The number of amides is 1.